The van der Waals surface area contributed by atoms with E-state index in [0.717, 1.165) is 23.4 Å². The molecular formula is C12H14ClNO. The van der Waals surface area contributed by atoms with Crippen LogP contribution in [0.1, 0.15) is 31.7 Å². The molecule has 0 unspecified atom stereocenters. The molecule has 1 aromatic carbocycles. The zero-order valence-electron chi connectivity index (χ0n) is 8.72. The number of halogens is 1. The molecular weight excluding hydrogens is 210 g/mol. The summed E-state index contributed by atoms with van der Waals surface area (Å²) in [7, 11) is 0. The fraction of sp³-hybridized carbons (Fsp3) is 0.417. The molecule has 80 valence electrons. The molecule has 3 heteroatoms. The molecule has 1 N–H and O–H groups in total. The van der Waals surface area contributed by atoms with Crippen LogP contribution in [0.2, 0.25) is 5.02 Å². The van der Waals surface area contributed by atoms with E-state index in [1.165, 1.54) is 0 Å². The molecule has 1 aliphatic carbocycles. The van der Waals surface area contributed by atoms with Crippen LogP contribution in [0.25, 0.3) is 0 Å². The first-order valence-electron chi connectivity index (χ1n) is 5.23. The van der Waals surface area contributed by atoms with Gasteiger partial charge in [0, 0.05) is 11.4 Å². The van der Waals surface area contributed by atoms with Crippen molar-refractivity contribution >= 4 is 17.5 Å². The Morgan fingerprint density at radius 2 is 2.27 bits per heavy atom. The highest BCUT2D eigenvalue weighted by molar-refractivity contribution is 6.30. The Morgan fingerprint density at radius 1 is 1.53 bits per heavy atom. The summed E-state index contributed by atoms with van der Waals surface area (Å²) in [6.07, 6.45) is 2.56. The molecule has 0 heterocycles. The number of amides is 1. The van der Waals surface area contributed by atoms with E-state index in [1.807, 2.05) is 31.2 Å². The van der Waals surface area contributed by atoms with Crippen LogP contribution in [0.15, 0.2) is 24.3 Å². The Bertz CT molecular complexity index is 385. The van der Waals surface area contributed by atoms with E-state index in [9.17, 15) is 4.79 Å². The second-order valence-electron chi connectivity index (χ2n) is 3.99. The van der Waals surface area contributed by atoms with Crippen molar-refractivity contribution < 1.29 is 4.79 Å². The molecule has 0 aromatic heterocycles. The van der Waals surface area contributed by atoms with Crippen LogP contribution >= 0.6 is 11.6 Å². The largest absolute Gasteiger partial charge is 0.347 e. The van der Waals surface area contributed by atoms with Gasteiger partial charge < -0.3 is 5.32 Å². The van der Waals surface area contributed by atoms with Gasteiger partial charge in [0.2, 0.25) is 5.91 Å². The lowest BCUT2D eigenvalue weighted by molar-refractivity contribution is -0.121. The van der Waals surface area contributed by atoms with Crippen LogP contribution in [0, 0.1) is 0 Å². The standard InChI is InChI=1S/C12H14ClNO/c1-2-11(15)14-12(6-7-12)9-4-3-5-10(13)8-9/h3-5,8H,2,6-7H2,1H3,(H,14,15). The van der Waals surface area contributed by atoms with Gasteiger partial charge in [-0.15, -0.1) is 0 Å². The van der Waals surface area contributed by atoms with Gasteiger partial charge in [-0.25, -0.2) is 0 Å². The molecule has 15 heavy (non-hydrogen) atoms. The number of carbonyl (C=O) groups is 1. The number of hydrogen-bond donors (Lipinski definition) is 1. The van der Waals surface area contributed by atoms with Crippen molar-refractivity contribution in [1.82, 2.24) is 5.32 Å². The van der Waals surface area contributed by atoms with Gasteiger partial charge in [0.25, 0.3) is 0 Å². The second kappa shape index (κ2) is 3.86. The summed E-state index contributed by atoms with van der Waals surface area (Å²) < 4.78 is 0. The summed E-state index contributed by atoms with van der Waals surface area (Å²) in [5.41, 5.74) is 0.995. The smallest absolute Gasteiger partial charge is 0.220 e. The molecule has 0 radical (unpaired) electrons. The lowest BCUT2D eigenvalue weighted by Gasteiger charge is -2.17. The summed E-state index contributed by atoms with van der Waals surface area (Å²) in [5.74, 6) is 0.104. The minimum Gasteiger partial charge on any atom is -0.347 e. The Kier molecular flexibility index (Phi) is 2.70. The Hall–Kier alpha value is -1.02. The highest BCUT2D eigenvalue weighted by Gasteiger charge is 2.45. The van der Waals surface area contributed by atoms with Gasteiger partial charge >= 0.3 is 0 Å². The lowest BCUT2D eigenvalue weighted by Crippen LogP contribution is -2.34. The number of carbonyl (C=O) groups excluding carboxylic acids is 1. The summed E-state index contributed by atoms with van der Waals surface area (Å²) >= 11 is 5.94. The molecule has 2 nitrogen and oxygen atoms in total. The maximum absolute atomic E-state index is 11.4. The topological polar surface area (TPSA) is 29.1 Å². The van der Waals surface area contributed by atoms with Crippen molar-refractivity contribution in [2.75, 3.05) is 0 Å². The average Bonchev–Trinajstić information content (AvgIpc) is 2.99. The minimum atomic E-state index is -0.127. The summed E-state index contributed by atoms with van der Waals surface area (Å²) in [6, 6.07) is 7.73. The van der Waals surface area contributed by atoms with E-state index >= 15 is 0 Å². The zero-order valence-corrected chi connectivity index (χ0v) is 9.47. The predicted molar refractivity (Wildman–Crippen MR) is 60.8 cm³/mol. The van der Waals surface area contributed by atoms with Crippen molar-refractivity contribution in [1.29, 1.82) is 0 Å². The molecule has 2 rings (SSSR count). The molecule has 1 fully saturated rings. The predicted octanol–water partition coefficient (Wildman–Crippen LogP) is 2.86. The van der Waals surface area contributed by atoms with E-state index in [-0.39, 0.29) is 11.4 Å². The first-order valence-corrected chi connectivity index (χ1v) is 5.61. The summed E-state index contributed by atoms with van der Waals surface area (Å²) in [5, 5.41) is 3.79. The second-order valence-corrected chi connectivity index (χ2v) is 4.43. The third-order valence-corrected chi connectivity index (χ3v) is 3.06. The third kappa shape index (κ3) is 2.15. The van der Waals surface area contributed by atoms with Crippen LogP contribution in [0.4, 0.5) is 0 Å². The van der Waals surface area contributed by atoms with E-state index in [1.54, 1.807) is 0 Å². The molecule has 1 saturated carbocycles. The zero-order chi connectivity index (χ0) is 10.9. The molecule has 0 bridgehead atoms. The molecule has 1 amide bonds. The first kappa shape index (κ1) is 10.5. The van der Waals surface area contributed by atoms with E-state index in [0.29, 0.717) is 6.42 Å². The Labute approximate surface area is 94.6 Å². The molecule has 0 atom stereocenters. The normalized spacial score (nSPS) is 17.2. The molecule has 0 saturated heterocycles. The van der Waals surface area contributed by atoms with E-state index in [2.05, 4.69) is 5.32 Å². The Balaban J connectivity index is 2.19. The fourth-order valence-electron chi connectivity index (χ4n) is 1.75. The average molecular weight is 224 g/mol. The van der Waals surface area contributed by atoms with Gasteiger partial charge in [0.1, 0.15) is 0 Å². The van der Waals surface area contributed by atoms with Gasteiger partial charge in [-0.2, -0.15) is 0 Å². The van der Waals surface area contributed by atoms with Crippen LogP contribution in [0.5, 0.6) is 0 Å². The van der Waals surface area contributed by atoms with Gasteiger partial charge in [-0.05, 0) is 30.5 Å². The van der Waals surface area contributed by atoms with Gasteiger partial charge in [0.15, 0.2) is 0 Å². The highest BCUT2D eigenvalue weighted by atomic mass is 35.5. The van der Waals surface area contributed by atoms with E-state index < -0.39 is 0 Å². The van der Waals surface area contributed by atoms with Crippen molar-refractivity contribution in [3.63, 3.8) is 0 Å². The third-order valence-electron chi connectivity index (χ3n) is 2.83. The highest BCUT2D eigenvalue weighted by Crippen LogP contribution is 2.45. The number of hydrogen-bond acceptors (Lipinski definition) is 1. The van der Waals surface area contributed by atoms with Crippen molar-refractivity contribution in [2.24, 2.45) is 0 Å². The number of rotatable bonds is 3. The quantitative estimate of drug-likeness (QED) is 0.839. The maximum atomic E-state index is 11.4. The van der Waals surface area contributed by atoms with Gasteiger partial charge in [-0.1, -0.05) is 30.7 Å². The first-order chi connectivity index (χ1) is 7.16. The number of benzene rings is 1. The summed E-state index contributed by atoms with van der Waals surface area (Å²) in [4.78, 5) is 11.4. The lowest BCUT2D eigenvalue weighted by atomic mass is 10.0. The van der Waals surface area contributed by atoms with Crippen LogP contribution in [-0.2, 0) is 10.3 Å². The van der Waals surface area contributed by atoms with Gasteiger partial charge in [0.05, 0.1) is 5.54 Å². The molecule has 1 aliphatic rings. The SMILES string of the molecule is CCC(=O)NC1(c2cccc(Cl)c2)CC1. The van der Waals surface area contributed by atoms with Crippen molar-refractivity contribution in [3.8, 4) is 0 Å². The molecule has 1 aromatic rings. The fourth-order valence-corrected chi connectivity index (χ4v) is 1.94. The maximum Gasteiger partial charge on any atom is 0.220 e. The monoisotopic (exact) mass is 223 g/mol. The van der Waals surface area contributed by atoms with Crippen LogP contribution < -0.4 is 5.32 Å². The molecule has 0 spiro atoms. The van der Waals surface area contributed by atoms with Crippen LogP contribution in [0.3, 0.4) is 0 Å². The van der Waals surface area contributed by atoms with Gasteiger partial charge in [-0.3, -0.25) is 4.79 Å². The van der Waals surface area contributed by atoms with Crippen molar-refractivity contribution in [2.45, 2.75) is 31.7 Å². The van der Waals surface area contributed by atoms with Crippen LogP contribution in [-0.4, -0.2) is 5.91 Å². The van der Waals surface area contributed by atoms with E-state index in [4.69, 9.17) is 11.6 Å². The number of nitrogens with one attached hydrogen (secondary N) is 1. The molecule has 0 aliphatic heterocycles. The Morgan fingerprint density at radius 3 is 2.80 bits per heavy atom. The summed E-state index contributed by atoms with van der Waals surface area (Å²) in [6.45, 7) is 1.86. The van der Waals surface area contributed by atoms with Crippen molar-refractivity contribution in [3.05, 3.63) is 34.9 Å². The minimum absolute atomic E-state index is 0.104.